The summed E-state index contributed by atoms with van der Waals surface area (Å²) in [6, 6.07) is 17.7. The molecule has 3 heteroatoms. The van der Waals surface area contributed by atoms with E-state index in [1.54, 1.807) is 6.92 Å². The Hall–Kier alpha value is -2.13. The molecule has 0 saturated carbocycles. The number of rotatable bonds is 4. The van der Waals surface area contributed by atoms with Crippen molar-refractivity contribution in [3.8, 4) is 11.1 Å². The van der Waals surface area contributed by atoms with E-state index in [1.165, 1.54) is 7.11 Å². The van der Waals surface area contributed by atoms with Crippen LogP contribution in [-0.2, 0) is 15.1 Å². The van der Waals surface area contributed by atoms with Crippen LogP contribution < -0.4 is 5.73 Å². The van der Waals surface area contributed by atoms with Crippen LogP contribution >= 0.6 is 0 Å². The Morgan fingerprint density at radius 1 is 1.00 bits per heavy atom. The molecule has 0 aromatic heterocycles. The summed E-state index contributed by atoms with van der Waals surface area (Å²) >= 11 is 0. The number of hydrogen-bond acceptors (Lipinski definition) is 2. The number of carbonyl (C=O) groups is 1. The Kier molecular flexibility index (Phi) is 3.67. The summed E-state index contributed by atoms with van der Waals surface area (Å²) in [6.07, 6.45) is 0. The predicted octanol–water partition coefficient (Wildman–Crippen LogP) is 2.70. The first-order valence-corrected chi connectivity index (χ1v) is 6.09. The van der Waals surface area contributed by atoms with Crippen molar-refractivity contribution in [3.63, 3.8) is 0 Å². The molecule has 1 atom stereocenters. The van der Waals surface area contributed by atoms with Gasteiger partial charge in [0.15, 0.2) is 5.60 Å². The molecular formula is C16H17NO2. The smallest absolute Gasteiger partial charge is 0.254 e. The van der Waals surface area contributed by atoms with Gasteiger partial charge in [0.1, 0.15) is 0 Å². The second-order valence-electron chi connectivity index (χ2n) is 4.54. The second kappa shape index (κ2) is 5.24. The zero-order chi connectivity index (χ0) is 13.9. The third-order valence-electron chi connectivity index (χ3n) is 3.42. The minimum absolute atomic E-state index is 0.498. The van der Waals surface area contributed by atoms with Crippen LogP contribution in [0, 0.1) is 0 Å². The minimum Gasteiger partial charge on any atom is -0.367 e. The highest BCUT2D eigenvalue weighted by molar-refractivity contribution is 5.84. The first kappa shape index (κ1) is 13.3. The van der Waals surface area contributed by atoms with Crippen molar-refractivity contribution in [2.75, 3.05) is 7.11 Å². The predicted molar refractivity (Wildman–Crippen MR) is 75.4 cm³/mol. The van der Waals surface area contributed by atoms with E-state index in [9.17, 15) is 4.79 Å². The molecule has 0 fully saturated rings. The number of nitrogens with two attached hydrogens (primary N) is 1. The highest BCUT2D eigenvalue weighted by atomic mass is 16.5. The molecule has 0 aliphatic heterocycles. The standard InChI is InChI=1S/C16H17NO2/c1-16(19-2,15(17)18)14-10-8-13(9-11-14)12-6-4-3-5-7-12/h3-11H,1-2H3,(H2,17,18). The molecule has 0 saturated heterocycles. The average Bonchev–Trinajstić information content (AvgIpc) is 2.47. The fourth-order valence-corrected chi connectivity index (χ4v) is 1.97. The lowest BCUT2D eigenvalue weighted by Gasteiger charge is -2.25. The van der Waals surface area contributed by atoms with Crippen molar-refractivity contribution in [1.29, 1.82) is 0 Å². The highest BCUT2D eigenvalue weighted by Gasteiger charge is 2.32. The van der Waals surface area contributed by atoms with Gasteiger partial charge >= 0.3 is 0 Å². The van der Waals surface area contributed by atoms with Gasteiger partial charge in [0, 0.05) is 7.11 Å². The summed E-state index contributed by atoms with van der Waals surface area (Å²) in [5, 5.41) is 0. The van der Waals surface area contributed by atoms with Crippen molar-refractivity contribution in [2.45, 2.75) is 12.5 Å². The molecule has 1 amide bonds. The van der Waals surface area contributed by atoms with Gasteiger partial charge in [-0.3, -0.25) is 4.79 Å². The Morgan fingerprint density at radius 3 is 2.00 bits per heavy atom. The van der Waals surface area contributed by atoms with Crippen molar-refractivity contribution < 1.29 is 9.53 Å². The molecule has 0 radical (unpaired) electrons. The lowest BCUT2D eigenvalue weighted by atomic mass is 9.93. The summed E-state index contributed by atoms with van der Waals surface area (Å²) in [5.74, 6) is -0.498. The number of hydrogen-bond donors (Lipinski definition) is 1. The molecule has 0 bridgehead atoms. The molecule has 1 unspecified atom stereocenters. The van der Waals surface area contributed by atoms with E-state index in [4.69, 9.17) is 10.5 Å². The van der Waals surface area contributed by atoms with Gasteiger partial charge in [-0.25, -0.2) is 0 Å². The minimum atomic E-state index is -1.09. The van der Waals surface area contributed by atoms with Crippen molar-refractivity contribution in [1.82, 2.24) is 0 Å². The molecule has 2 N–H and O–H groups in total. The summed E-state index contributed by atoms with van der Waals surface area (Å²) in [5.41, 5.74) is 7.28. The van der Waals surface area contributed by atoms with Gasteiger partial charge in [-0.05, 0) is 23.6 Å². The van der Waals surface area contributed by atoms with Gasteiger partial charge in [-0.1, -0.05) is 54.6 Å². The molecule has 2 aromatic carbocycles. The van der Waals surface area contributed by atoms with Crippen LogP contribution in [-0.4, -0.2) is 13.0 Å². The summed E-state index contributed by atoms with van der Waals surface area (Å²) in [6.45, 7) is 1.67. The number of methoxy groups -OCH3 is 1. The maximum absolute atomic E-state index is 11.5. The fraction of sp³-hybridized carbons (Fsp3) is 0.188. The Balaban J connectivity index is 2.36. The lowest BCUT2D eigenvalue weighted by Crippen LogP contribution is -2.40. The molecule has 2 rings (SSSR count). The van der Waals surface area contributed by atoms with E-state index in [0.717, 1.165) is 16.7 Å². The van der Waals surface area contributed by atoms with E-state index < -0.39 is 11.5 Å². The van der Waals surface area contributed by atoms with Crippen LogP contribution in [0.1, 0.15) is 12.5 Å². The fourth-order valence-electron chi connectivity index (χ4n) is 1.97. The molecule has 0 spiro atoms. The first-order chi connectivity index (χ1) is 9.08. The first-order valence-electron chi connectivity index (χ1n) is 6.09. The van der Waals surface area contributed by atoms with E-state index in [-0.39, 0.29) is 0 Å². The maximum Gasteiger partial charge on any atom is 0.254 e. The number of primary amides is 1. The van der Waals surface area contributed by atoms with Crippen LogP contribution in [0.3, 0.4) is 0 Å². The van der Waals surface area contributed by atoms with Crippen LogP contribution in [0.5, 0.6) is 0 Å². The normalized spacial score (nSPS) is 13.8. The van der Waals surface area contributed by atoms with Gasteiger partial charge < -0.3 is 10.5 Å². The topological polar surface area (TPSA) is 52.3 Å². The summed E-state index contributed by atoms with van der Waals surface area (Å²) in [4.78, 5) is 11.5. The third-order valence-corrected chi connectivity index (χ3v) is 3.42. The summed E-state index contributed by atoms with van der Waals surface area (Å²) in [7, 11) is 1.48. The number of ether oxygens (including phenoxy) is 1. The van der Waals surface area contributed by atoms with E-state index in [2.05, 4.69) is 0 Å². The second-order valence-corrected chi connectivity index (χ2v) is 4.54. The van der Waals surface area contributed by atoms with Gasteiger partial charge in [0.05, 0.1) is 0 Å². The molecule has 0 aliphatic rings. The molecule has 0 heterocycles. The molecule has 2 aromatic rings. The SMILES string of the molecule is COC(C)(C(N)=O)c1ccc(-c2ccccc2)cc1. The molecule has 3 nitrogen and oxygen atoms in total. The molecular weight excluding hydrogens is 238 g/mol. The van der Waals surface area contributed by atoms with Crippen LogP contribution in [0.15, 0.2) is 54.6 Å². The van der Waals surface area contributed by atoms with Crippen molar-refractivity contribution >= 4 is 5.91 Å². The highest BCUT2D eigenvalue weighted by Crippen LogP contribution is 2.27. The van der Waals surface area contributed by atoms with E-state index in [1.807, 2.05) is 54.6 Å². The van der Waals surface area contributed by atoms with Crippen molar-refractivity contribution in [3.05, 3.63) is 60.2 Å². The number of benzene rings is 2. The van der Waals surface area contributed by atoms with Crippen LogP contribution in [0.2, 0.25) is 0 Å². The summed E-state index contributed by atoms with van der Waals surface area (Å²) < 4.78 is 5.26. The van der Waals surface area contributed by atoms with Gasteiger partial charge in [0.2, 0.25) is 0 Å². The Bertz CT molecular complexity index is 563. The van der Waals surface area contributed by atoms with Gasteiger partial charge in [-0.2, -0.15) is 0 Å². The monoisotopic (exact) mass is 255 g/mol. The molecule has 98 valence electrons. The van der Waals surface area contributed by atoms with E-state index in [0.29, 0.717) is 0 Å². The van der Waals surface area contributed by atoms with Gasteiger partial charge in [0.25, 0.3) is 5.91 Å². The Labute approximate surface area is 113 Å². The quantitative estimate of drug-likeness (QED) is 0.913. The molecule has 19 heavy (non-hydrogen) atoms. The third kappa shape index (κ3) is 2.51. The average molecular weight is 255 g/mol. The zero-order valence-corrected chi connectivity index (χ0v) is 11.1. The Morgan fingerprint density at radius 2 is 1.53 bits per heavy atom. The zero-order valence-electron chi connectivity index (χ0n) is 11.1. The lowest BCUT2D eigenvalue weighted by molar-refractivity contribution is -0.139. The van der Waals surface area contributed by atoms with Crippen LogP contribution in [0.4, 0.5) is 0 Å². The van der Waals surface area contributed by atoms with Crippen molar-refractivity contribution in [2.24, 2.45) is 5.73 Å². The van der Waals surface area contributed by atoms with E-state index >= 15 is 0 Å². The number of amides is 1. The van der Waals surface area contributed by atoms with Gasteiger partial charge in [-0.15, -0.1) is 0 Å². The number of carbonyl (C=O) groups excluding carboxylic acids is 1. The molecule has 0 aliphatic carbocycles. The van der Waals surface area contributed by atoms with Crippen LogP contribution in [0.25, 0.3) is 11.1 Å². The largest absolute Gasteiger partial charge is 0.367 e. The maximum atomic E-state index is 11.5.